The van der Waals surface area contributed by atoms with Crippen molar-refractivity contribution in [2.75, 3.05) is 5.75 Å². The molecular weight excluding hydrogens is 352 g/mol. The van der Waals surface area contributed by atoms with Crippen molar-refractivity contribution in [3.8, 4) is 17.1 Å². The van der Waals surface area contributed by atoms with Gasteiger partial charge in [-0.05, 0) is 42.7 Å². The molecule has 0 atom stereocenters. The van der Waals surface area contributed by atoms with E-state index in [0.717, 1.165) is 34.4 Å². The molecule has 0 spiro atoms. The van der Waals surface area contributed by atoms with Crippen LogP contribution in [0.1, 0.15) is 11.1 Å². The van der Waals surface area contributed by atoms with Crippen LogP contribution >= 0.6 is 11.8 Å². The predicted octanol–water partition coefficient (Wildman–Crippen LogP) is 4.97. The van der Waals surface area contributed by atoms with Crippen LogP contribution in [0.4, 0.5) is 0 Å². The summed E-state index contributed by atoms with van der Waals surface area (Å²) in [6.45, 7) is 2.11. The van der Waals surface area contributed by atoms with Gasteiger partial charge < -0.3 is 0 Å². The minimum Gasteiger partial charge on any atom is -0.270 e. The first-order valence-electron chi connectivity index (χ1n) is 8.91. The number of aryl methyl sites for hydroxylation is 2. The lowest BCUT2D eigenvalue weighted by molar-refractivity contribution is 0.879. The van der Waals surface area contributed by atoms with Gasteiger partial charge in [0.1, 0.15) is 0 Å². The Labute approximate surface area is 163 Å². The van der Waals surface area contributed by atoms with Crippen molar-refractivity contribution >= 4 is 11.8 Å². The summed E-state index contributed by atoms with van der Waals surface area (Å²) in [7, 11) is 0. The topological polar surface area (TPSA) is 43.6 Å². The highest BCUT2D eigenvalue weighted by Crippen LogP contribution is 2.29. The van der Waals surface area contributed by atoms with Gasteiger partial charge >= 0.3 is 0 Å². The average Bonchev–Trinajstić information content (AvgIpc) is 3.13. The zero-order chi connectivity index (χ0) is 18.5. The fourth-order valence-corrected chi connectivity index (χ4v) is 3.91. The van der Waals surface area contributed by atoms with E-state index in [0.29, 0.717) is 0 Å². The van der Waals surface area contributed by atoms with Gasteiger partial charge in [0, 0.05) is 23.7 Å². The summed E-state index contributed by atoms with van der Waals surface area (Å²) in [6.07, 6.45) is 4.60. The largest absolute Gasteiger partial charge is 0.270 e. The molecule has 2 aromatic carbocycles. The first kappa shape index (κ1) is 17.5. The maximum absolute atomic E-state index is 4.49. The Hall–Kier alpha value is -2.92. The average molecular weight is 372 g/mol. The number of hydrogen-bond acceptors (Lipinski definition) is 4. The van der Waals surface area contributed by atoms with Gasteiger partial charge in [-0.25, -0.2) is 0 Å². The number of aromatic nitrogens is 4. The second kappa shape index (κ2) is 8.18. The molecule has 0 aliphatic heterocycles. The molecule has 4 aromatic rings. The number of rotatable bonds is 6. The van der Waals surface area contributed by atoms with E-state index in [4.69, 9.17) is 0 Å². The van der Waals surface area contributed by atoms with Gasteiger partial charge in [-0.2, -0.15) is 0 Å². The predicted molar refractivity (Wildman–Crippen MR) is 110 cm³/mol. The summed E-state index contributed by atoms with van der Waals surface area (Å²) in [6, 6.07) is 22.8. The molecule has 0 fully saturated rings. The summed E-state index contributed by atoms with van der Waals surface area (Å²) in [5.41, 5.74) is 4.58. The Kier molecular flexibility index (Phi) is 5.30. The summed E-state index contributed by atoms with van der Waals surface area (Å²) in [5, 5.41) is 9.87. The van der Waals surface area contributed by atoms with Crippen LogP contribution in [0.25, 0.3) is 17.1 Å². The molecule has 134 valence electrons. The summed E-state index contributed by atoms with van der Waals surface area (Å²) < 4.78 is 2.14. The lowest BCUT2D eigenvalue weighted by atomic mass is 10.2. The third-order valence-corrected chi connectivity index (χ3v) is 5.30. The SMILES string of the molecule is Cc1ccccc1-n1c(SCCc2ccccc2)nnc1-c1cccnc1. The summed E-state index contributed by atoms with van der Waals surface area (Å²) in [4.78, 5) is 4.24. The van der Waals surface area contributed by atoms with Crippen LogP contribution in [0.2, 0.25) is 0 Å². The Morgan fingerprint density at radius 3 is 2.48 bits per heavy atom. The molecule has 0 N–H and O–H groups in total. The highest BCUT2D eigenvalue weighted by Gasteiger charge is 2.17. The standard InChI is InChI=1S/C22H20N4S/c1-17-8-5-6-12-20(17)26-21(19-11-7-14-23-16-19)24-25-22(26)27-15-13-18-9-3-2-4-10-18/h2-12,14,16H,13,15H2,1H3. The van der Waals surface area contributed by atoms with Gasteiger partial charge in [-0.1, -0.05) is 60.3 Å². The number of hydrogen-bond donors (Lipinski definition) is 0. The van der Waals surface area contributed by atoms with E-state index in [9.17, 15) is 0 Å². The van der Waals surface area contributed by atoms with Crippen LogP contribution in [0, 0.1) is 6.92 Å². The Balaban J connectivity index is 1.67. The molecule has 0 saturated carbocycles. The lowest BCUT2D eigenvalue weighted by Crippen LogP contribution is -2.02. The van der Waals surface area contributed by atoms with Crippen molar-refractivity contribution in [3.05, 3.63) is 90.3 Å². The Morgan fingerprint density at radius 2 is 1.70 bits per heavy atom. The van der Waals surface area contributed by atoms with E-state index in [1.807, 2.05) is 30.5 Å². The number of benzene rings is 2. The quantitative estimate of drug-likeness (QED) is 0.448. The number of pyridine rings is 1. The van der Waals surface area contributed by atoms with Crippen molar-refractivity contribution < 1.29 is 0 Å². The molecule has 4 nitrogen and oxygen atoms in total. The van der Waals surface area contributed by atoms with E-state index in [2.05, 4.69) is 69.1 Å². The molecule has 0 bridgehead atoms. The highest BCUT2D eigenvalue weighted by molar-refractivity contribution is 7.99. The van der Waals surface area contributed by atoms with E-state index >= 15 is 0 Å². The minimum absolute atomic E-state index is 0.819. The smallest absolute Gasteiger partial charge is 0.196 e. The number of thioether (sulfide) groups is 1. The van der Waals surface area contributed by atoms with Crippen LogP contribution in [0.3, 0.4) is 0 Å². The Bertz CT molecular complexity index is 1010. The van der Waals surface area contributed by atoms with E-state index in [-0.39, 0.29) is 0 Å². The first-order valence-corrected chi connectivity index (χ1v) is 9.90. The molecule has 0 saturated heterocycles. The molecule has 2 aromatic heterocycles. The molecule has 27 heavy (non-hydrogen) atoms. The Morgan fingerprint density at radius 1 is 0.889 bits per heavy atom. The molecule has 0 amide bonds. The third kappa shape index (κ3) is 3.93. The van der Waals surface area contributed by atoms with Gasteiger partial charge in [0.05, 0.1) is 5.69 Å². The van der Waals surface area contributed by atoms with Crippen molar-refractivity contribution in [3.63, 3.8) is 0 Å². The van der Waals surface area contributed by atoms with Crippen LogP contribution in [0.5, 0.6) is 0 Å². The van der Waals surface area contributed by atoms with E-state index in [1.54, 1.807) is 18.0 Å². The van der Waals surface area contributed by atoms with Crippen molar-refractivity contribution in [2.45, 2.75) is 18.5 Å². The fourth-order valence-electron chi connectivity index (χ4n) is 2.98. The van der Waals surface area contributed by atoms with Gasteiger partial charge in [0.15, 0.2) is 11.0 Å². The van der Waals surface area contributed by atoms with Crippen LogP contribution in [0.15, 0.2) is 84.3 Å². The second-order valence-corrected chi connectivity index (χ2v) is 7.32. The number of nitrogens with zero attached hydrogens (tertiary/aromatic N) is 4. The number of para-hydroxylation sites is 1. The molecule has 0 aliphatic rings. The van der Waals surface area contributed by atoms with Crippen molar-refractivity contribution in [1.29, 1.82) is 0 Å². The molecule has 0 radical (unpaired) electrons. The third-order valence-electron chi connectivity index (χ3n) is 4.37. The van der Waals surface area contributed by atoms with Gasteiger partial charge in [0.25, 0.3) is 0 Å². The monoisotopic (exact) mass is 372 g/mol. The van der Waals surface area contributed by atoms with Crippen LogP contribution in [-0.2, 0) is 6.42 Å². The normalized spacial score (nSPS) is 10.9. The lowest BCUT2D eigenvalue weighted by Gasteiger charge is -2.12. The van der Waals surface area contributed by atoms with Crippen molar-refractivity contribution in [1.82, 2.24) is 19.7 Å². The van der Waals surface area contributed by atoms with E-state index in [1.165, 1.54) is 11.1 Å². The maximum Gasteiger partial charge on any atom is 0.196 e. The first-order chi connectivity index (χ1) is 13.3. The second-order valence-electron chi connectivity index (χ2n) is 6.25. The summed E-state index contributed by atoms with van der Waals surface area (Å²) >= 11 is 1.73. The molecule has 2 heterocycles. The van der Waals surface area contributed by atoms with Gasteiger partial charge in [-0.15, -0.1) is 10.2 Å². The molecule has 0 aliphatic carbocycles. The zero-order valence-electron chi connectivity index (χ0n) is 15.1. The fraction of sp³-hybridized carbons (Fsp3) is 0.136. The van der Waals surface area contributed by atoms with E-state index < -0.39 is 0 Å². The van der Waals surface area contributed by atoms with Gasteiger partial charge in [-0.3, -0.25) is 9.55 Å². The maximum atomic E-state index is 4.49. The molecule has 0 unspecified atom stereocenters. The molecule has 4 rings (SSSR count). The van der Waals surface area contributed by atoms with Crippen LogP contribution < -0.4 is 0 Å². The zero-order valence-corrected chi connectivity index (χ0v) is 15.9. The minimum atomic E-state index is 0.819. The van der Waals surface area contributed by atoms with Crippen molar-refractivity contribution in [2.24, 2.45) is 0 Å². The molecule has 5 heteroatoms. The molecular formula is C22H20N4S. The van der Waals surface area contributed by atoms with Crippen LogP contribution in [-0.4, -0.2) is 25.5 Å². The summed E-state index contributed by atoms with van der Waals surface area (Å²) in [5.74, 6) is 1.76. The van der Waals surface area contributed by atoms with Gasteiger partial charge in [0.2, 0.25) is 0 Å². The highest BCUT2D eigenvalue weighted by atomic mass is 32.2.